The van der Waals surface area contributed by atoms with Gasteiger partial charge in [-0.3, -0.25) is 19.3 Å². The number of hydrogen-bond donors (Lipinski definition) is 2. The average molecular weight is 393 g/mol. The lowest BCUT2D eigenvalue weighted by Gasteiger charge is -2.16. The molecule has 0 unspecified atom stereocenters. The second-order valence-electron chi connectivity index (χ2n) is 6.12. The fourth-order valence-electron chi connectivity index (χ4n) is 2.69. The summed E-state index contributed by atoms with van der Waals surface area (Å²) in [4.78, 5) is 21.2. The summed E-state index contributed by atoms with van der Waals surface area (Å²) in [5.74, 6) is -0.592. The van der Waals surface area contributed by atoms with Crippen LogP contribution in [0.2, 0.25) is 0 Å². The minimum atomic E-state index is -0.486. The van der Waals surface area contributed by atoms with E-state index in [-0.39, 0.29) is 28.6 Å². The van der Waals surface area contributed by atoms with Crippen LogP contribution in [0.4, 0.5) is 4.39 Å². The Balaban J connectivity index is 2.15. The Kier molecular flexibility index (Phi) is 7.87. The van der Waals surface area contributed by atoms with E-state index in [9.17, 15) is 14.3 Å². The van der Waals surface area contributed by atoms with Crippen LogP contribution in [0, 0.1) is 10.6 Å². The first-order valence-electron chi connectivity index (χ1n) is 8.99. The van der Waals surface area contributed by atoms with Crippen molar-refractivity contribution in [3.05, 3.63) is 56.3 Å². The molecule has 27 heavy (non-hydrogen) atoms. The van der Waals surface area contributed by atoms with Crippen LogP contribution < -0.4 is 5.56 Å². The van der Waals surface area contributed by atoms with Crippen LogP contribution in [0.1, 0.15) is 31.4 Å². The number of aliphatic imine (C=N–C) groups is 1. The normalized spacial score (nSPS) is 11.6. The van der Waals surface area contributed by atoms with E-state index in [0.717, 1.165) is 31.6 Å². The molecule has 0 aliphatic heterocycles. The van der Waals surface area contributed by atoms with E-state index in [1.807, 2.05) is 0 Å². The molecule has 2 rings (SSSR count). The molecule has 0 amide bonds. The van der Waals surface area contributed by atoms with Gasteiger partial charge in [-0.15, -0.1) is 0 Å². The summed E-state index contributed by atoms with van der Waals surface area (Å²) >= 11 is 5.14. The number of nitrogens with one attached hydrogen (secondary N) is 1. The molecule has 2 aromatic rings. The minimum Gasteiger partial charge on any atom is -0.494 e. The van der Waals surface area contributed by atoms with Crippen molar-refractivity contribution in [3.8, 4) is 5.88 Å². The summed E-state index contributed by atoms with van der Waals surface area (Å²) in [6, 6.07) is 5.87. The van der Waals surface area contributed by atoms with Gasteiger partial charge in [0.25, 0.3) is 5.56 Å². The monoisotopic (exact) mass is 392 g/mol. The minimum absolute atomic E-state index is 0.0635. The number of benzene rings is 1. The van der Waals surface area contributed by atoms with Crippen LogP contribution in [0.15, 0.2) is 34.1 Å². The van der Waals surface area contributed by atoms with Crippen LogP contribution in [0.5, 0.6) is 5.88 Å². The summed E-state index contributed by atoms with van der Waals surface area (Å²) in [6.45, 7) is 7.91. The van der Waals surface area contributed by atoms with Gasteiger partial charge in [0, 0.05) is 12.8 Å². The third-order valence-electron chi connectivity index (χ3n) is 4.34. The Labute approximate surface area is 163 Å². The zero-order valence-electron chi connectivity index (χ0n) is 15.6. The molecule has 0 fully saturated rings. The van der Waals surface area contributed by atoms with Crippen LogP contribution >= 0.6 is 12.2 Å². The van der Waals surface area contributed by atoms with Crippen LogP contribution in [-0.4, -0.2) is 52.0 Å². The highest BCUT2D eigenvalue weighted by Crippen LogP contribution is 2.14. The third-order valence-corrected chi connectivity index (χ3v) is 4.66. The van der Waals surface area contributed by atoms with Gasteiger partial charge in [-0.2, -0.15) is 0 Å². The highest BCUT2D eigenvalue weighted by Gasteiger charge is 2.11. The first-order valence-corrected chi connectivity index (χ1v) is 9.39. The number of rotatable bonds is 9. The molecule has 6 nitrogen and oxygen atoms in total. The topological polar surface area (TPSA) is 73.6 Å². The van der Waals surface area contributed by atoms with Crippen molar-refractivity contribution in [3.63, 3.8) is 0 Å². The highest BCUT2D eigenvalue weighted by atomic mass is 32.1. The SMILES string of the molecule is CCN(CC)CCCN=Cc1c(O)n(Cc2ccc(F)cc2)c(=S)[nH]c1=O. The third kappa shape index (κ3) is 5.83. The number of hydrogen-bond acceptors (Lipinski definition) is 5. The van der Waals surface area contributed by atoms with Gasteiger partial charge in [-0.1, -0.05) is 26.0 Å². The van der Waals surface area contributed by atoms with E-state index in [0.29, 0.717) is 6.54 Å². The Morgan fingerprint density at radius 3 is 2.59 bits per heavy atom. The second kappa shape index (κ2) is 10.1. The van der Waals surface area contributed by atoms with E-state index in [1.165, 1.54) is 22.9 Å². The van der Waals surface area contributed by atoms with Gasteiger partial charge >= 0.3 is 0 Å². The molecule has 1 aromatic heterocycles. The molecule has 0 bridgehead atoms. The van der Waals surface area contributed by atoms with Gasteiger partial charge in [-0.05, 0) is 56.0 Å². The van der Waals surface area contributed by atoms with Crippen molar-refractivity contribution in [2.24, 2.45) is 4.99 Å². The lowest BCUT2D eigenvalue weighted by Crippen LogP contribution is -2.24. The Hall–Kier alpha value is -2.32. The maximum Gasteiger partial charge on any atom is 0.264 e. The van der Waals surface area contributed by atoms with E-state index in [2.05, 4.69) is 28.7 Å². The Bertz CT molecular complexity index is 886. The van der Waals surface area contributed by atoms with Gasteiger partial charge < -0.3 is 10.0 Å². The fraction of sp³-hybridized carbons (Fsp3) is 0.421. The lowest BCUT2D eigenvalue weighted by atomic mass is 10.2. The van der Waals surface area contributed by atoms with Crippen molar-refractivity contribution in [1.82, 2.24) is 14.5 Å². The van der Waals surface area contributed by atoms with E-state index >= 15 is 0 Å². The number of halogens is 1. The maximum absolute atomic E-state index is 13.1. The van der Waals surface area contributed by atoms with E-state index in [1.54, 1.807) is 12.1 Å². The Morgan fingerprint density at radius 2 is 1.96 bits per heavy atom. The predicted octanol–water partition coefficient (Wildman–Crippen LogP) is 2.95. The molecule has 0 spiro atoms. The van der Waals surface area contributed by atoms with Crippen molar-refractivity contribution < 1.29 is 9.50 Å². The first-order chi connectivity index (χ1) is 13.0. The molecule has 1 heterocycles. The molecular weight excluding hydrogens is 367 g/mol. The first kappa shape index (κ1) is 21.0. The smallest absolute Gasteiger partial charge is 0.264 e. The molecular formula is C19H25FN4O2S. The number of aromatic amines is 1. The van der Waals surface area contributed by atoms with Crippen molar-refractivity contribution in [1.29, 1.82) is 0 Å². The van der Waals surface area contributed by atoms with Crippen molar-refractivity contribution in [2.45, 2.75) is 26.8 Å². The molecule has 0 aliphatic carbocycles. The van der Waals surface area contributed by atoms with Gasteiger partial charge in [0.05, 0.1) is 6.54 Å². The van der Waals surface area contributed by atoms with Crippen LogP contribution in [-0.2, 0) is 6.54 Å². The van der Waals surface area contributed by atoms with Gasteiger partial charge in [0.2, 0.25) is 5.88 Å². The van der Waals surface area contributed by atoms with Gasteiger partial charge in [-0.25, -0.2) is 4.39 Å². The molecule has 0 saturated carbocycles. The lowest BCUT2D eigenvalue weighted by molar-refractivity contribution is 0.302. The molecule has 0 radical (unpaired) electrons. The largest absolute Gasteiger partial charge is 0.494 e. The number of aromatic nitrogens is 2. The summed E-state index contributed by atoms with van der Waals surface area (Å²) in [5.41, 5.74) is 0.325. The summed E-state index contributed by atoms with van der Waals surface area (Å²) in [6.07, 6.45) is 2.25. The molecule has 0 aliphatic rings. The second-order valence-corrected chi connectivity index (χ2v) is 6.51. The van der Waals surface area contributed by atoms with E-state index in [4.69, 9.17) is 12.2 Å². The number of H-pyrrole nitrogens is 1. The summed E-state index contributed by atoms with van der Waals surface area (Å²) < 4.78 is 14.5. The van der Waals surface area contributed by atoms with Gasteiger partial charge in [0.15, 0.2) is 4.77 Å². The van der Waals surface area contributed by atoms with Crippen molar-refractivity contribution in [2.75, 3.05) is 26.2 Å². The quantitative estimate of drug-likeness (QED) is 0.391. The number of nitrogens with zero attached hydrogens (tertiary/aromatic N) is 3. The molecule has 2 N–H and O–H groups in total. The molecule has 1 aromatic carbocycles. The van der Waals surface area contributed by atoms with Crippen LogP contribution in [0.25, 0.3) is 0 Å². The average Bonchev–Trinajstić information content (AvgIpc) is 2.65. The highest BCUT2D eigenvalue weighted by molar-refractivity contribution is 7.71. The molecule has 8 heteroatoms. The Morgan fingerprint density at radius 1 is 1.30 bits per heavy atom. The molecule has 0 atom stereocenters. The van der Waals surface area contributed by atoms with E-state index < -0.39 is 5.56 Å². The zero-order chi connectivity index (χ0) is 19.8. The predicted molar refractivity (Wildman–Crippen MR) is 108 cm³/mol. The van der Waals surface area contributed by atoms with Crippen molar-refractivity contribution >= 4 is 18.4 Å². The summed E-state index contributed by atoms with van der Waals surface area (Å²) in [5, 5.41) is 10.5. The van der Waals surface area contributed by atoms with Crippen LogP contribution in [0.3, 0.4) is 0 Å². The van der Waals surface area contributed by atoms with Gasteiger partial charge in [0.1, 0.15) is 11.4 Å². The maximum atomic E-state index is 13.1. The molecule has 146 valence electrons. The number of aromatic hydroxyl groups is 1. The zero-order valence-corrected chi connectivity index (χ0v) is 16.4. The summed E-state index contributed by atoms with van der Waals surface area (Å²) in [7, 11) is 0. The fourth-order valence-corrected chi connectivity index (χ4v) is 2.94. The standard InChI is InChI=1S/C19H25FN4O2S/c1-3-23(4-2)11-5-10-21-12-16-17(25)22-19(27)24(18(16)26)13-14-6-8-15(20)9-7-14/h6-9,12,26H,3-5,10-11,13H2,1-2H3,(H,22,25,27). The molecule has 0 saturated heterocycles.